The maximum atomic E-state index is 11.6. The molecule has 0 bridgehead atoms. The second-order valence-corrected chi connectivity index (χ2v) is 11.0. The molecule has 2 aliphatic heterocycles. The van der Waals surface area contributed by atoms with E-state index in [0.29, 0.717) is 0 Å². The second-order valence-electron chi connectivity index (χ2n) is 8.84. The second kappa shape index (κ2) is 12.7. The van der Waals surface area contributed by atoms with Gasteiger partial charge >= 0.3 is 5.97 Å². The highest BCUT2D eigenvalue weighted by Crippen LogP contribution is 2.35. The molecule has 2 aliphatic rings. The van der Waals surface area contributed by atoms with Gasteiger partial charge in [-0.1, -0.05) is 13.8 Å². The van der Waals surface area contributed by atoms with Crippen molar-refractivity contribution in [1.29, 1.82) is 0 Å². The first-order valence-electron chi connectivity index (χ1n) is 10.9. The highest BCUT2D eigenvalue weighted by atomic mass is 32.3. The molecule has 0 spiro atoms. The van der Waals surface area contributed by atoms with E-state index in [9.17, 15) is 51.2 Å². The summed E-state index contributed by atoms with van der Waals surface area (Å²) in [6, 6.07) is -1.16. The van der Waals surface area contributed by atoms with Crippen LogP contribution in [-0.2, 0) is 43.9 Å². The normalized spacial score (nSPS) is 38.1. The van der Waals surface area contributed by atoms with Crippen LogP contribution in [0.1, 0.15) is 13.8 Å². The van der Waals surface area contributed by atoms with Crippen LogP contribution in [0.25, 0.3) is 0 Å². The fraction of sp³-hybridized carbons (Fsp3) is 0.944. The first-order chi connectivity index (χ1) is 16.6. The van der Waals surface area contributed by atoms with Gasteiger partial charge in [-0.05, 0) is 11.8 Å². The molecule has 0 aromatic heterocycles. The molecule has 4 unspecified atom stereocenters. The van der Waals surface area contributed by atoms with Gasteiger partial charge in [0.15, 0.2) is 16.4 Å². The van der Waals surface area contributed by atoms with Crippen molar-refractivity contribution in [3.8, 4) is 0 Å². The quantitative estimate of drug-likeness (QED) is 0.113. The molecule has 212 valence electrons. The average molecular weight is 566 g/mol. The number of aliphatic hydroxyl groups excluding tert-OH is 3. The fourth-order valence-corrected chi connectivity index (χ4v) is 6.04. The summed E-state index contributed by atoms with van der Waals surface area (Å²) in [6.45, 7) is 0.260. The van der Waals surface area contributed by atoms with Crippen LogP contribution in [0.3, 0.4) is 0 Å². The van der Waals surface area contributed by atoms with E-state index in [1.807, 2.05) is 4.72 Å². The highest BCUT2D eigenvalue weighted by molar-refractivity contribution is 7.83. The molecule has 2 saturated heterocycles. The number of nitrogens with one attached hydrogen (secondary N) is 1. The molecule has 16 nitrogen and oxygen atoms in total. The van der Waals surface area contributed by atoms with Crippen LogP contribution >= 0.6 is 0 Å². The molecule has 18 heteroatoms. The number of carboxylic acid groups (broad SMARTS) is 1. The Bertz CT molecular complexity index is 944. The summed E-state index contributed by atoms with van der Waals surface area (Å²) in [5, 5.41) is 38.3. The topological polar surface area (TPSA) is 261 Å². The zero-order valence-corrected chi connectivity index (χ0v) is 21.0. The van der Waals surface area contributed by atoms with Crippen LogP contribution in [-0.4, -0.2) is 122 Å². The van der Waals surface area contributed by atoms with E-state index in [-0.39, 0.29) is 6.61 Å². The van der Waals surface area contributed by atoms with Gasteiger partial charge in [0.05, 0.1) is 44.7 Å². The monoisotopic (exact) mass is 565 g/mol. The highest BCUT2D eigenvalue weighted by Gasteiger charge is 2.48. The molecule has 36 heavy (non-hydrogen) atoms. The van der Waals surface area contributed by atoms with Crippen LogP contribution in [0.5, 0.6) is 0 Å². The Morgan fingerprint density at radius 2 is 1.50 bits per heavy atom. The van der Waals surface area contributed by atoms with Crippen molar-refractivity contribution < 1.29 is 69.6 Å². The third-order valence-corrected chi connectivity index (χ3v) is 7.67. The lowest BCUT2D eigenvalue weighted by atomic mass is 9.79. The average Bonchev–Trinajstić information content (AvgIpc) is 2.76. The summed E-state index contributed by atoms with van der Waals surface area (Å²) < 4.78 is 90.5. The maximum Gasteiger partial charge on any atom is 0.333 e. The molecular formula is C18H31NO15S2-2. The Labute approximate surface area is 208 Å². The van der Waals surface area contributed by atoms with Gasteiger partial charge in [-0.25, -0.2) is 26.4 Å². The number of aliphatic hydroxyl groups is 3. The van der Waals surface area contributed by atoms with Crippen LogP contribution in [0.15, 0.2) is 0 Å². The van der Waals surface area contributed by atoms with Gasteiger partial charge in [-0.2, -0.15) is 0 Å². The number of hydrogen-bond donors (Lipinski definition) is 5. The first kappa shape index (κ1) is 31.2. The summed E-state index contributed by atoms with van der Waals surface area (Å²) in [5.74, 6) is -4.94. The number of rotatable bonds is 12. The van der Waals surface area contributed by atoms with Gasteiger partial charge in [0.2, 0.25) is 10.4 Å². The Morgan fingerprint density at radius 1 is 0.889 bits per heavy atom. The Balaban J connectivity index is 2.20. The standard InChI is InChI=1S/C18H33NO15S2/c1-8-11(12(4-21)32-13(5-22)15(8)19-35(25,26)27)6-31-7-14-16(34-36(28,29)30)9(2)10(3-20)17(33-14)18(23)24/h8-17,19-22H,3-7H2,1-2H3,(H,23,24)(H,25,26,27)(H,28,29,30)/p-2/t8-,9-,10+,11+,12?,13-,14-,15?,16?,17?/m0/s1. The lowest BCUT2D eigenvalue weighted by Crippen LogP contribution is -2.60. The van der Waals surface area contributed by atoms with Crippen molar-refractivity contribution in [2.24, 2.45) is 23.7 Å². The zero-order valence-electron chi connectivity index (χ0n) is 19.4. The molecule has 2 fully saturated rings. The molecule has 0 radical (unpaired) electrons. The SMILES string of the molecule is C[C@@H]1C(NS(=O)(=O)[O-])[C@H](CO)OC(CO)[C@@H]1COC[C@@H]1OC(C(=O)O)[C@H](CO)[C@H](C)C1OS(=O)(=O)[O-]. The van der Waals surface area contributed by atoms with E-state index in [4.69, 9.17) is 14.2 Å². The van der Waals surface area contributed by atoms with Gasteiger partial charge in [0, 0.05) is 18.4 Å². The van der Waals surface area contributed by atoms with Crippen LogP contribution in [0, 0.1) is 23.7 Å². The Hall–Kier alpha value is -1.03. The lowest BCUT2D eigenvalue weighted by Gasteiger charge is -2.46. The molecule has 10 atom stereocenters. The Kier molecular flexibility index (Phi) is 11.0. The predicted octanol–water partition coefficient (Wildman–Crippen LogP) is -3.63. The van der Waals surface area contributed by atoms with Crippen molar-refractivity contribution >= 4 is 26.7 Å². The molecular weight excluding hydrogens is 534 g/mol. The minimum atomic E-state index is -5.25. The maximum absolute atomic E-state index is 11.6. The van der Waals surface area contributed by atoms with Gasteiger partial charge < -0.3 is 43.7 Å². The molecule has 5 N–H and O–H groups in total. The van der Waals surface area contributed by atoms with Crippen molar-refractivity contribution in [2.75, 3.05) is 33.0 Å². The number of aliphatic carboxylic acids is 1. The molecule has 0 aliphatic carbocycles. The van der Waals surface area contributed by atoms with E-state index in [1.54, 1.807) is 0 Å². The summed E-state index contributed by atoms with van der Waals surface area (Å²) in [5.41, 5.74) is 0. The van der Waals surface area contributed by atoms with E-state index in [2.05, 4.69) is 4.18 Å². The third kappa shape index (κ3) is 7.98. The van der Waals surface area contributed by atoms with Crippen molar-refractivity contribution in [1.82, 2.24) is 4.72 Å². The largest absolute Gasteiger partial charge is 0.735 e. The zero-order chi connectivity index (χ0) is 27.4. The summed E-state index contributed by atoms with van der Waals surface area (Å²) in [6.07, 6.45) is -6.51. The van der Waals surface area contributed by atoms with Crippen LogP contribution in [0.2, 0.25) is 0 Å². The molecule has 2 rings (SSSR count). The summed E-state index contributed by atoms with van der Waals surface area (Å²) in [7, 11) is -10.2. The third-order valence-electron chi connectivity index (χ3n) is 6.66. The molecule has 0 saturated carbocycles. The first-order valence-corrected chi connectivity index (χ1v) is 13.7. The number of hydrogen-bond acceptors (Lipinski definition) is 14. The smallest absolute Gasteiger partial charge is 0.333 e. The van der Waals surface area contributed by atoms with Gasteiger partial charge in [-0.3, -0.25) is 4.18 Å². The molecule has 0 aromatic rings. The molecule has 0 amide bonds. The van der Waals surface area contributed by atoms with Crippen molar-refractivity contribution in [2.45, 2.75) is 50.4 Å². The van der Waals surface area contributed by atoms with E-state index in [0.717, 1.165) is 0 Å². The minimum Gasteiger partial charge on any atom is -0.735 e. The summed E-state index contributed by atoms with van der Waals surface area (Å²) >= 11 is 0. The van der Waals surface area contributed by atoms with Gasteiger partial charge in [0.25, 0.3) is 0 Å². The van der Waals surface area contributed by atoms with Crippen molar-refractivity contribution in [3.05, 3.63) is 0 Å². The molecule has 2 heterocycles. The van der Waals surface area contributed by atoms with Crippen LogP contribution < -0.4 is 4.72 Å². The van der Waals surface area contributed by atoms with Gasteiger partial charge in [-0.15, -0.1) is 0 Å². The fourth-order valence-electron chi connectivity index (χ4n) is 4.77. The lowest BCUT2D eigenvalue weighted by molar-refractivity contribution is -0.208. The van der Waals surface area contributed by atoms with Crippen molar-refractivity contribution in [3.63, 3.8) is 0 Å². The Morgan fingerprint density at radius 3 is 1.97 bits per heavy atom. The van der Waals surface area contributed by atoms with E-state index in [1.165, 1.54) is 13.8 Å². The molecule has 0 aromatic carbocycles. The number of carbonyl (C=O) groups is 1. The number of carboxylic acids is 1. The van der Waals surface area contributed by atoms with Crippen LogP contribution in [0.4, 0.5) is 0 Å². The van der Waals surface area contributed by atoms with E-state index >= 15 is 0 Å². The summed E-state index contributed by atoms with van der Waals surface area (Å²) in [4.78, 5) is 11.6. The van der Waals surface area contributed by atoms with E-state index < -0.39 is 113 Å². The minimum absolute atomic E-state index is 0.270. The number of ether oxygens (including phenoxy) is 3. The van der Waals surface area contributed by atoms with Gasteiger partial charge in [0.1, 0.15) is 12.2 Å². The predicted molar refractivity (Wildman–Crippen MR) is 114 cm³/mol.